The van der Waals surface area contributed by atoms with E-state index in [1.54, 1.807) is 12.1 Å². The van der Waals surface area contributed by atoms with Crippen LogP contribution in [0.2, 0.25) is 0 Å². The summed E-state index contributed by atoms with van der Waals surface area (Å²) in [4.78, 5) is 8.14. The van der Waals surface area contributed by atoms with Gasteiger partial charge in [0.05, 0.1) is 17.4 Å². The zero-order valence-electron chi connectivity index (χ0n) is 10.4. The predicted molar refractivity (Wildman–Crippen MR) is 76.8 cm³/mol. The van der Waals surface area contributed by atoms with E-state index in [4.69, 9.17) is 0 Å². The second kappa shape index (κ2) is 4.90. The summed E-state index contributed by atoms with van der Waals surface area (Å²) in [6.07, 6.45) is 4.32. The molecule has 1 N–H and O–H groups in total. The van der Waals surface area contributed by atoms with E-state index < -0.39 is 10.0 Å². The fraction of sp³-hybridized carbons (Fsp3) is 0. The predicted octanol–water partition coefficient (Wildman–Crippen LogP) is 2.43. The van der Waals surface area contributed by atoms with Gasteiger partial charge in [-0.3, -0.25) is 14.7 Å². The quantitative estimate of drug-likeness (QED) is 0.802. The molecule has 0 unspecified atom stereocenters. The minimum atomic E-state index is -3.63. The fourth-order valence-corrected chi connectivity index (χ4v) is 2.84. The van der Waals surface area contributed by atoms with E-state index in [0.717, 1.165) is 10.9 Å². The molecule has 3 rings (SSSR count). The van der Waals surface area contributed by atoms with Gasteiger partial charge in [-0.05, 0) is 24.3 Å². The Morgan fingerprint density at radius 2 is 1.85 bits per heavy atom. The molecule has 0 amide bonds. The van der Waals surface area contributed by atoms with Crippen molar-refractivity contribution in [1.82, 2.24) is 9.97 Å². The topological polar surface area (TPSA) is 72.0 Å². The van der Waals surface area contributed by atoms with Gasteiger partial charge in [-0.15, -0.1) is 0 Å². The van der Waals surface area contributed by atoms with E-state index in [1.165, 1.54) is 24.7 Å². The summed E-state index contributed by atoms with van der Waals surface area (Å²) >= 11 is 0. The third kappa shape index (κ3) is 2.46. The molecule has 0 spiro atoms. The summed E-state index contributed by atoms with van der Waals surface area (Å²) in [5.74, 6) is 0. The van der Waals surface area contributed by atoms with Gasteiger partial charge < -0.3 is 0 Å². The first-order valence-corrected chi connectivity index (χ1v) is 7.41. The number of fused-ring (bicyclic) bond motifs is 1. The molecule has 0 aliphatic carbocycles. The van der Waals surface area contributed by atoms with Crippen molar-refractivity contribution < 1.29 is 8.42 Å². The molecule has 20 heavy (non-hydrogen) atoms. The highest BCUT2D eigenvalue weighted by Crippen LogP contribution is 2.19. The lowest BCUT2D eigenvalue weighted by Gasteiger charge is -2.08. The van der Waals surface area contributed by atoms with Crippen LogP contribution in [0.15, 0.2) is 66.0 Å². The van der Waals surface area contributed by atoms with Crippen molar-refractivity contribution in [3.05, 3.63) is 61.1 Å². The molecule has 3 aromatic rings. The van der Waals surface area contributed by atoms with E-state index in [-0.39, 0.29) is 4.90 Å². The van der Waals surface area contributed by atoms with E-state index in [9.17, 15) is 8.42 Å². The number of nitrogens with zero attached hydrogens (tertiary/aromatic N) is 2. The SMILES string of the molecule is O=S(=O)(Nc1cnc2ccccc2c1)c1cccnc1. The van der Waals surface area contributed by atoms with Crippen molar-refractivity contribution >= 4 is 26.6 Å². The first kappa shape index (κ1) is 12.6. The van der Waals surface area contributed by atoms with Crippen molar-refractivity contribution in [2.45, 2.75) is 4.90 Å². The van der Waals surface area contributed by atoms with Crippen molar-refractivity contribution in [2.24, 2.45) is 0 Å². The second-order valence-electron chi connectivity index (χ2n) is 4.21. The molecule has 0 atom stereocenters. The van der Waals surface area contributed by atoms with Crippen LogP contribution in [0.3, 0.4) is 0 Å². The van der Waals surface area contributed by atoms with E-state index in [0.29, 0.717) is 5.69 Å². The lowest BCUT2D eigenvalue weighted by Crippen LogP contribution is -2.13. The number of anilines is 1. The number of pyridine rings is 2. The van der Waals surface area contributed by atoms with E-state index >= 15 is 0 Å². The van der Waals surface area contributed by atoms with Crippen molar-refractivity contribution in [2.75, 3.05) is 4.72 Å². The van der Waals surface area contributed by atoms with Crippen LogP contribution in [-0.2, 0) is 10.0 Å². The molecule has 0 bridgehead atoms. The highest BCUT2D eigenvalue weighted by Gasteiger charge is 2.14. The molecule has 0 saturated carbocycles. The van der Waals surface area contributed by atoms with Crippen LogP contribution in [0.4, 0.5) is 5.69 Å². The van der Waals surface area contributed by atoms with Crippen LogP contribution in [0.1, 0.15) is 0 Å². The molecule has 6 heteroatoms. The monoisotopic (exact) mass is 285 g/mol. The van der Waals surface area contributed by atoms with E-state index in [2.05, 4.69) is 14.7 Å². The van der Waals surface area contributed by atoms with E-state index in [1.807, 2.05) is 24.3 Å². The maximum Gasteiger partial charge on any atom is 0.263 e. The Hall–Kier alpha value is -2.47. The molecular formula is C14H11N3O2S. The number of sulfonamides is 1. The van der Waals surface area contributed by atoms with Crippen LogP contribution >= 0.6 is 0 Å². The van der Waals surface area contributed by atoms with Crippen LogP contribution in [0.25, 0.3) is 10.9 Å². The summed E-state index contributed by atoms with van der Waals surface area (Å²) in [7, 11) is -3.63. The molecule has 2 heterocycles. The maximum atomic E-state index is 12.2. The smallest absolute Gasteiger partial charge is 0.263 e. The molecule has 100 valence electrons. The first-order valence-electron chi connectivity index (χ1n) is 5.93. The van der Waals surface area contributed by atoms with Crippen molar-refractivity contribution in [3.8, 4) is 0 Å². The molecular weight excluding hydrogens is 274 g/mol. The van der Waals surface area contributed by atoms with Gasteiger partial charge in [0.2, 0.25) is 0 Å². The van der Waals surface area contributed by atoms with Gasteiger partial charge in [-0.2, -0.15) is 0 Å². The summed E-state index contributed by atoms with van der Waals surface area (Å²) in [6, 6.07) is 12.3. The Kier molecular flexibility index (Phi) is 3.08. The van der Waals surface area contributed by atoms with Crippen molar-refractivity contribution in [3.63, 3.8) is 0 Å². The van der Waals surface area contributed by atoms with Crippen LogP contribution in [0, 0.1) is 0 Å². The Morgan fingerprint density at radius 1 is 1.00 bits per heavy atom. The number of hydrogen-bond donors (Lipinski definition) is 1. The number of rotatable bonds is 3. The number of nitrogens with one attached hydrogen (secondary N) is 1. The standard InChI is InChI=1S/C14H11N3O2S/c18-20(19,13-5-3-7-15-10-13)17-12-8-11-4-1-2-6-14(11)16-9-12/h1-10,17H. The van der Waals surface area contributed by atoms with Crippen LogP contribution < -0.4 is 4.72 Å². The zero-order chi connectivity index (χ0) is 14.0. The summed E-state index contributed by atoms with van der Waals surface area (Å²) in [5, 5.41) is 0.874. The normalized spacial score (nSPS) is 11.4. The highest BCUT2D eigenvalue weighted by molar-refractivity contribution is 7.92. The van der Waals surface area contributed by atoms with Crippen molar-refractivity contribution in [1.29, 1.82) is 0 Å². The van der Waals surface area contributed by atoms with Gasteiger partial charge >= 0.3 is 0 Å². The Balaban J connectivity index is 1.97. The van der Waals surface area contributed by atoms with Gasteiger partial charge in [0.15, 0.2) is 0 Å². The maximum absolute atomic E-state index is 12.2. The summed E-state index contributed by atoms with van der Waals surface area (Å²) < 4.78 is 26.8. The molecule has 0 radical (unpaired) electrons. The third-order valence-corrected chi connectivity index (χ3v) is 4.15. The molecule has 0 saturated heterocycles. The molecule has 1 aromatic carbocycles. The molecule has 2 aromatic heterocycles. The minimum Gasteiger partial charge on any atom is -0.278 e. The number of hydrogen-bond acceptors (Lipinski definition) is 4. The Morgan fingerprint density at radius 3 is 2.65 bits per heavy atom. The Bertz CT molecular complexity index is 848. The average Bonchev–Trinajstić information content (AvgIpc) is 2.48. The van der Waals surface area contributed by atoms with Gasteiger partial charge in [0.1, 0.15) is 4.90 Å². The molecule has 0 aliphatic heterocycles. The fourth-order valence-electron chi connectivity index (χ4n) is 1.85. The summed E-state index contributed by atoms with van der Waals surface area (Å²) in [5.41, 5.74) is 1.24. The largest absolute Gasteiger partial charge is 0.278 e. The summed E-state index contributed by atoms with van der Waals surface area (Å²) in [6.45, 7) is 0. The second-order valence-corrected chi connectivity index (χ2v) is 5.89. The zero-order valence-corrected chi connectivity index (χ0v) is 11.2. The number of aromatic nitrogens is 2. The van der Waals surface area contributed by atoms with Crippen LogP contribution in [0.5, 0.6) is 0 Å². The number of para-hydroxylation sites is 1. The number of benzene rings is 1. The lowest BCUT2D eigenvalue weighted by molar-refractivity contribution is 0.601. The van der Waals surface area contributed by atoms with Gasteiger partial charge in [-0.25, -0.2) is 8.42 Å². The van der Waals surface area contributed by atoms with Gasteiger partial charge in [0.25, 0.3) is 10.0 Å². The Labute approximate surface area is 116 Å². The third-order valence-electron chi connectivity index (χ3n) is 2.79. The van der Waals surface area contributed by atoms with Gasteiger partial charge in [-0.1, -0.05) is 18.2 Å². The molecule has 5 nitrogen and oxygen atoms in total. The molecule has 0 fully saturated rings. The average molecular weight is 285 g/mol. The van der Waals surface area contributed by atoms with Gasteiger partial charge in [0, 0.05) is 17.8 Å². The minimum absolute atomic E-state index is 0.119. The van der Waals surface area contributed by atoms with Crippen LogP contribution in [-0.4, -0.2) is 18.4 Å². The highest BCUT2D eigenvalue weighted by atomic mass is 32.2. The molecule has 0 aliphatic rings. The lowest BCUT2D eigenvalue weighted by atomic mass is 10.2. The first-order chi connectivity index (χ1) is 9.65.